The van der Waals surface area contributed by atoms with Crippen molar-refractivity contribution < 1.29 is 9.59 Å². The molecule has 0 aromatic carbocycles. The lowest BCUT2D eigenvalue weighted by Gasteiger charge is -2.30. The Bertz CT molecular complexity index is 657. The molecule has 0 fully saturated rings. The SMILES string of the molecule is Nc1ccc(CNC(=O)NN2CC=C3SC=CN3C2=O)cn1. The number of urea groups is 2. The maximum Gasteiger partial charge on any atom is 0.348 e. The zero-order valence-electron chi connectivity index (χ0n) is 11.5. The van der Waals surface area contributed by atoms with Crippen LogP contribution in [0.4, 0.5) is 15.4 Å². The molecular weight excluding hydrogens is 304 g/mol. The maximum absolute atomic E-state index is 12.1. The highest BCUT2D eigenvalue weighted by molar-refractivity contribution is 8.06. The quantitative estimate of drug-likeness (QED) is 0.776. The van der Waals surface area contributed by atoms with Gasteiger partial charge in [-0.05, 0) is 23.1 Å². The van der Waals surface area contributed by atoms with Crippen molar-refractivity contribution in [3.8, 4) is 0 Å². The molecule has 4 N–H and O–H groups in total. The number of hydrazine groups is 1. The molecule has 0 unspecified atom stereocenters. The van der Waals surface area contributed by atoms with Crippen molar-refractivity contribution in [2.75, 3.05) is 12.3 Å². The Labute approximate surface area is 131 Å². The van der Waals surface area contributed by atoms with E-state index in [4.69, 9.17) is 5.73 Å². The van der Waals surface area contributed by atoms with Gasteiger partial charge in [0.05, 0.1) is 11.6 Å². The van der Waals surface area contributed by atoms with Crippen molar-refractivity contribution in [3.63, 3.8) is 0 Å². The number of amides is 4. The van der Waals surface area contributed by atoms with Crippen molar-refractivity contribution in [1.29, 1.82) is 0 Å². The van der Waals surface area contributed by atoms with Crippen LogP contribution in [0.15, 0.2) is 41.0 Å². The topological polar surface area (TPSA) is 104 Å². The number of carbonyl (C=O) groups is 2. The molecule has 3 heterocycles. The fourth-order valence-corrected chi connectivity index (χ4v) is 2.70. The molecule has 1 aromatic rings. The Morgan fingerprint density at radius 1 is 1.45 bits per heavy atom. The van der Waals surface area contributed by atoms with Gasteiger partial charge in [0.25, 0.3) is 0 Å². The van der Waals surface area contributed by atoms with E-state index in [-0.39, 0.29) is 6.03 Å². The van der Waals surface area contributed by atoms with Crippen molar-refractivity contribution >= 4 is 29.6 Å². The number of hydrogen-bond acceptors (Lipinski definition) is 5. The van der Waals surface area contributed by atoms with E-state index in [0.29, 0.717) is 18.9 Å². The number of aromatic nitrogens is 1. The van der Waals surface area contributed by atoms with E-state index in [1.54, 1.807) is 24.5 Å². The molecule has 114 valence electrons. The Hall–Kier alpha value is -2.68. The minimum Gasteiger partial charge on any atom is -0.384 e. The number of nitrogens with two attached hydrogens (primary N) is 1. The summed E-state index contributed by atoms with van der Waals surface area (Å²) in [6.45, 7) is 0.623. The Morgan fingerprint density at radius 3 is 3.09 bits per heavy atom. The fourth-order valence-electron chi connectivity index (χ4n) is 1.95. The number of thioether (sulfide) groups is 1. The van der Waals surface area contributed by atoms with Crippen molar-refractivity contribution in [2.45, 2.75) is 6.54 Å². The van der Waals surface area contributed by atoms with Gasteiger partial charge in [0.15, 0.2) is 0 Å². The molecule has 4 amide bonds. The van der Waals surface area contributed by atoms with Crippen LogP contribution < -0.4 is 16.5 Å². The molecule has 0 radical (unpaired) electrons. The maximum atomic E-state index is 12.1. The van der Waals surface area contributed by atoms with Gasteiger partial charge in [-0.3, -0.25) is 4.90 Å². The summed E-state index contributed by atoms with van der Waals surface area (Å²) in [6, 6.07) is 2.68. The zero-order valence-corrected chi connectivity index (χ0v) is 12.3. The van der Waals surface area contributed by atoms with Crippen molar-refractivity contribution in [1.82, 2.24) is 25.6 Å². The number of carbonyl (C=O) groups excluding carboxylic acids is 2. The third-order valence-electron chi connectivity index (χ3n) is 3.06. The Kier molecular flexibility index (Phi) is 3.88. The van der Waals surface area contributed by atoms with Crippen LogP contribution in [0.1, 0.15) is 5.56 Å². The third-order valence-corrected chi connectivity index (χ3v) is 3.92. The number of nitrogen functional groups attached to an aromatic ring is 1. The molecule has 22 heavy (non-hydrogen) atoms. The summed E-state index contributed by atoms with van der Waals surface area (Å²) in [5.74, 6) is 0.422. The van der Waals surface area contributed by atoms with Crippen LogP contribution in [0.2, 0.25) is 0 Å². The highest BCUT2D eigenvalue weighted by Gasteiger charge is 2.29. The molecule has 3 rings (SSSR count). The van der Waals surface area contributed by atoms with Gasteiger partial charge in [-0.2, -0.15) is 0 Å². The zero-order chi connectivity index (χ0) is 15.5. The van der Waals surface area contributed by atoms with Gasteiger partial charge in [-0.25, -0.2) is 25.0 Å². The minimum absolute atomic E-state index is 0.289. The van der Waals surface area contributed by atoms with Gasteiger partial charge in [0.1, 0.15) is 5.82 Å². The summed E-state index contributed by atoms with van der Waals surface area (Å²) in [4.78, 5) is 29.4. The number of hydrogen-bond donors (Lipinski definition) is 3. The van der Waals surface area contributed by atoms with E-state index >= 15 is 0 Å². The van der Waals surface area contributed by atoms with Crippen LogP contribution in [-0.2, 0) is 6.54 Å². The second-order valence-corrected chi connectivity index (χ2v) is 5.52. The first-order chi connectivity index (χ1) is 10.6. The largest absolute Gasteiger partial charge is 0.384 e. The molecule has 0 bridgehead atoms. The summed E-state index contributed by atoms with van der Waals surface area (Å²) < 4.78 is 0. The predicted octanol–water partition coefficient (Wildman–Crippen LogP) is 1.18. The molecule has 2 aliphatic heterocycles. The first kappa shape index (κ1) is 14.3. The number of nitrogens with zero attached hydrogens (tertiary/aromatic N) is 3. The van der Waals surface area contributed by atoms with Crippen LogP contribution in [0.3, 0.4) is 0 Å². The number of nitrogens with one attached hydrogen (secondary N) is 2. The third kappa shape index (κ3) is 2.98. The summed E-state index contributed by atoms with van der Waals surface area (Å²) in [7, 11) is 0. The van der Waals surface area contributed by atoms with Gasteiger partial charge >= 0.3 is 12.1 Å². The molecular formula is C13H14N6O2S. The smallest absolute Gasteiger partial charge is 0.348 e. The fraction of sp³-hybridized carbons (Fsp3) is 0.154. The van der Waals surface area contributed by atoms with E-state index in [0.717, 1.165) is 10.6 Å². The highest BCUT2D eigenvalue weighted by atomic mass is 32.2. The first-order valence-electron chi connectivity index (χ1n) is 6.52. The molecule has 0 saturated heterocycles. The van der Waals surface area contributed by atoms with Gasteiger partial charge in [-0.1, -0.05) is 17.8 Å². The number of rotatable bonds is 3. The highest BCUT2D eigenvalue weighted by Crippen LogP contribution is 2.31. The standard InChI is InChI=1S/C13H14N6O2S/c14-10-2-1-9(7-15-10)8-16-12(20)17-19-4-3-11-18(13(19)21)5-6-22-11/h1-3,5-7H,4,8H2,(H2,14,15)(H2,16,17,20). The summed E-state index contributed by atoms with van der Waals surface area (Å²) >= 11 is 1.47. The van der Waals surface area contributed by atoms with Gasteiger partial charge in [0, 0.05) is 18.9 Å². The summed E-state index contributed by atoms with van der Waals surface area (Å²) in [6.07, 6.45) is 5.13. The van der Waals surface area contributed by atoms with Crippen LogP contribution >= 0.6 is 11.8 Å². The number of anilines is 1. The summed E-state index contributed by atoms with van der Waals surface area (Å²) in [5.41, 5.74) is 8.83. The molecule has 0 saturated carbocycles. The minimum atomic E-state index is -0.460. The van der Waals surface area contributed by atoms with E-state index in [1.807, 2.05) is 11.5 Å². The first-order valence-corrected chi connectivity index (χ1v) is 7.40. The average molecular weight is 318 g/mol. The lowest BCUT2D eigenvalue weighted by atomic mass is 10.3. The molecule has 8 nitrogen and oxygen atoms in total. The second-order valence-electron chi connectivity index (χ2n) is 4.59. The van der Waals surface area contributed by atoms with E-state index in [2.05, 4.69) is 15.7 Å². The van der Waals surface area contributed by atoms with Gasteiger partial charge < -0.3 is 11.1 Å². The normalized spacial score (nSPS) is 16.4. The van der Waals surface area contributed by atoms with Crippen LogP contribution in [-0.4, -0.2) is 33.5 Å². The number of pyridine rings is 1. The van der Waals surface area contributed by atoms with Gasteiger partial charge in [-0.15, -0.1) is 0 Å². The molecule has 2 aliphatic rings. The second kappa shape index (κ2) is 5.98. The average Bonchev–Trinajstić information content (AvgIpc) is 2.99. The van der Waals surface area contributed by atoms with Crippen molar-refractivity contribution in [2.24, 2.45) is 0 Å². The molecule has 0 aliphatic carbocycles. The van der Waals surface area contributed by atoms with Crippen LogP contribution in [0.25, 0.3) is 0 Å². The monoisotopic (exact) mass is 318 g/mol. The molecule has 0 spiro atoms. The lowest BCUT2D eigenvalue weighted by molar-refractivity contribution is 0.154. The molecule has 0 atom stereocenters. The molecule has 9 heteroatoms. The predicted molar refractivity (Wildman–Crippen MR) is 82.8 cm³/mol. The Morgan fingerprint density at radius 2 is 2.32 bits per heavy atom. The molecule has 1 aromatic heterocycles. The summed E-state index contributed by atoms with van der Waals surface area (Å²) in [5, 5.41) is 6.58. The van der Waals surface area contributed by atoms with E-state index in [1.165, 1.54) is 21.7 Å². The van der Waals surface area contributed by atoms with Crippen LogP contribution in [0.5, 0.6) is 0 Å². The number of fused-ring (bicyclic) bond motifs is 1. The van der Waals surface area contributed by atoms with Gasteiger partial charge in [0.2, 0.25) is 0 Å². The van der Waals surface area contributed by atoms with E-state index < -0.39 is 6.03 Å². The Balaban J connectivity index is 1.53. The van der Waals surface area contributed by atoms with Crippen LogP contribution in [0, 0.1) is 0 Å². The van der Waals surface area contributed by atoms with E-state index in [9.17, 15) is 9.59 Å². The lowest BCUT2D eigenvalue weighted by Crippen LogP contribution is -2.54. The van der Waals surface area contributed by atoms with Crippen molar-refractivity contribution in [3.05, 3.63) is 46.6 Å².